The predicted octanol–water partition coefficient (Wildman–Crippen LogP) is 5.33. The number of aryl methyl sites for hydroxylation is 1. The highest BCUT2D eigenvalue weighted by molar-refractivity contribution is 7.90. The molecule has 35 heavy (non-hydrogen) atoms. The fourth-order valence-electron chi connectivity index (χ4n) is 6.13. The van der Waals surface area contributed by atoms with Gasteiger partial charge in [-0.15, -0.1) is 0 Å². The summed E-state index contributed by atoms with van der Waals surface area (Å²) in [7, 11) is -3.26. The van der Waals surface area contributed by atoms with Gasteiger partial charge in [0.25, 0.3) is 0 Å². The zero-order chi connectivity index (χ0) is 24.4. The summed E-state index contributed by atoms with van der Waals surface area (Å²) in [6.45, 7) is 3.09. The number of sulfonamides is 1. The summed E-state index contributed by atoms with van der Waals surface area (Å²) >= 11 is 0. The third-order valence-electron chi connectivity index (χ3n) is 7.99. The number of rotatable bonds is 7. The smallest absolute Gasteiger partial charge is 0.217 e. The molecule has 7 heteroatoms. The van der Waals surface area contributed by atoms with Crippen molar-refractivity contribution in [2.45, 2.75) is 36.3 Å². The normalized spacial score (nSPS) is 25.8. The predicted molar refractivity (Wildman–Crippen MR) is 137 cm³/mol. The van der Waals surface area contributed by atoms with E-state index in [1.54, 1.807) is 16.4 Å². The van der Waals surface area contributed by atoms with Gasteiger partial charge in [-0.2, -0.15) is 0 Å². The lowest BCUT2D eigenvalue weighted by molar-refractivity contribution is 0.420. The minimum atomic E-state index is -3.26. The molecule has 6 rings (SSSR count). The van der Waals surface area contributed by atoms with Crippen LogP contribution in [0.5, 0.6) is 0 Å². The summed E-state index contributed by atoms with van der Waals surface area (Å²) < 4.78 is 41.3. The van der Waals surface area contributed by atoms with Gasteiger partial charge in [-0.1, -0.05) is 30.3 Å². The van der Waals surface area contributed by atoms with Crippen LogP contribution in [-0.4, -0.2) is 37.3 Å². The summed E-state index contributed by atoms with van der Waals surface area (Å²) in [5.41, 5.74) is 5.38. The SMILES string of the molecule is Cc1cc(Nc2ccc(F)cc2)c(C=N)cc1[C@]12CN(S(=O)(=O)C3CC3)C[C@H]1[C@@H]2c1ccccc1. The van der Waals surface area contributed by atoms with Crippen LogP contribution < -0.4 is 5.32 Å². The van der Waals surface area contributed by atoms with Crippen LogP contribution in [-0.2, 0) is 15.4 Å². The molecule has 3 atom stereocenters. The van der Waals surface area contributed by atoms with Crippen LogP contribution in [0.1, 0.15) is 41.0 Å². The van der Waals surface area contributed by atoms with Gasteiger partial charge >= 0.3 is 0 Å². The molecule has 0 unspecified atom stereocenters. The Balaban J connectivity index is 1.40. The molecule has 3 aromatic carbocycles. The number of hydrogen-bond donors (Lipinski definition) is 2. The molecule has 0 bridgehead atoms. The van der Waals surface area contributed by atoms with E-state index in [0.29, 0.717) is 13.1 Å². The maximum atomic E-state index is 13.3. The van der Waals surface area contributed by atoms with Crippen molar-refractivity contribution in [3.63, 3.8) is 0 Å². The van der Waals surface area contributed by atoms with Gasteiger partial charge < -0.3 is 10.7 Å². The van der Waals surface area contributed by atoms with E-state index in [9.17, 15) is 12.8 Å². The highest BCUT2D eigenvalue weighted by Gasteiger charge is 2.72. The first-order chi connectivity index (χ1) is 16.8. The van der Waals surface area contributed by atoms with Gasteiger partial charge in [0.15, 0.2) is 0 Å². The van der Waals surface area contributed by atoms with Crippen LogP contribution in [0.15, 0.2) is 66.7 Å². The van der Waals surface area contributed by atoms with Crippen molar-refractivity contribution in [2.24, 2.45) is 5.92 Å². The molecular weight excluding hydrogens is 461 g/mol. The quantitative estimate of drug-likeness (QED) is 0.441. The fourth-order valence-corrected chi connectivity index (χ4v) is 8.05. The third kappa shape index (κ3) is 3.60. The van der Waals surface area contributed by atoms with E-state index in [0.717, 1.165) is 40.9 Å². The van der Waals surface area contributed by atoms with Crippen LogP contribution in [0.25, 0.3) is 0 Å². The fraction of sp³-hybridized carbons (Fsp3) is 0.321. The first-order valence-corrected chi connectivity index (χ1v) is 13.6. The van der Waals surface area contributed by atoms with Crippen molar-refractivity contribution in [1.29, 1.82) is 5.41 Å². The minimum Gasteiger partial charge on any atom is -0.355 e. The summed E-state index contributed by atoms with van der Waals surface area (Å²) in [6, 6.07) is 20.6. The van der Waals surface area contributed by atoms with E-state index in [2.05, 4.69) is 30.4 Å². The van der Waals surface area contributed by atoms with Crippen LogP contribution >= 0.6 is 0 Å². The second kappa shape index (κ2) is 8.00. The van der Waals surface area contributed by atoms with Gasteiger partial charge in [-0.3, -0.25) is 0 Å². The Bertz CT molecular complexity index is 1400. The molecule has 0 amide bonds. The summed E-state index contributed by atoms with van der Waals surface area (Å²) in [5, 5.41) is 11.2. The summed E-state index contributed by atoms with van der Waals surface area (Å²) in [4.78, 5) is 0. The van der Waals surface area contributed by atoms with Gasteiger partial charge in [-0.05, 0) is 78.8 Å². The van der Waals surface area contributed by atoms with Crippen LogP contribution in [0.3, 0.4) is 0 Å². The number of nitrogens with one attached hydrogen (secondary N) is 2. The molecular formula is C28H28FN3O2S. The van der Waals surface area contributed by atoms with Gasteiger partial charge in [0, 0.05) is 47.6 Å². The van der Waals surface area contributed by atoms with Crippen LogP contribution in [0.2, 0.25) is 0 Å². The molecule has 3 aliphatic rings. The van der Waals surface area contributed by atoms with Crippen molar-refractivity contribution < 1.29 is 12.8 Å². The maximum Gasteiger partial charge on any atom is 0.217 e. The van der Waals surface area contributed by atoms with E-state index in [1.165, 1.54) is 23.9 Å². The second-order valence-corrected chi connectivity index (χ2v) is 12.3. The van der Waals surface area contributed by atoms with Crippen molar-refractivity contribution in [2.75, 3.05) is 18.4 Å². The number of fused-ring (bicyclic) bond motifs is 1. The monoisotopic (exact) mass is 489 g/mol. The molecule has 3 fully saturated rings. The number of piperidine rings is 1. The maximum absolute atomic E-state index is 13.3. The van der Waals surface area contributed by atoms with E-state index in [-0.39, 0.29) is 28.3 Å². The number of anilines is 2. The molecule has 1 saturated heterocycles. The second-order valence-electron chi connectivity index (χ2n) is 10.1. The molecule has 0 radical (unpaired) electrons. The summed E-state index contributed by atoms with van der Waals surface area (Å²) in [6.07, 6.45) is 2.85. The molecule has 2 saturated carbocycles. The lowest BCUT2D eigenvalue weighted by Gasteiger charge is -2.26. The van der Waals surface area contributed by atoms with Gasteiger partial charge in [0.2, 0.25) is 10.0 Å². The van der Waals surface area contributed by atoms with E-state index >= 15 is 0 Å². The van der Waals surface area contributed by atoms with Crippen molar-refractivity contribution in [1.82, 2.24) is 4.31 Å². The largest absolute Gasteiger partial charge is 0.355 e. The Labute approximate surface area is 205 Å². The zero-order valence-electron chi connectivity index (χ0n) is 19.5. The minimum absolute atomic E-state index is 0.214. The number of hydrogen-bond acceptors (Lipinski definition) is 4. The van der Waals surface area contributed by atoms with Crippen molar-refractivity contribution in [3.8, 4) is 0 Å². The molecule has 3 aromatic rings. The summed E-state index contributed by atoms with van der Waals surface area (Å²) in [5.74, 6) is 0.168. The van der Waals surface area contributed by atoms with Crippen LogP contribution in [0.4, 0.5) is 15.8 Å². The first kappa shape index (κ1) is 22.4. The van der Waals surface area contributed by atoms with Crippen molar-refractivity contribution in [3.05, 3.63) is 94.8 Å². The van der Waals surface area contributed by atoms with Crippen molar-refractivity contribution >= 4 is 27.6 Å². The number of halogens is 1. The molecule has 0 aromatic heterocycles. The van der Waals surface area contributed by atoms with E-state index < -0.39 is 10.0 Å². The average Bonchev–Trinajstić information content (AvgIpc) is 3.77. The first-order valence-electron chi connectivity index (χ1n) is 12.1. The molecule has 1 heterocycles. The zero-order valence-corrected chi connectivity index (χ0v) is 20.4. The molecule has 1 aliphatic heterocycles. The lowest BCUT2D eigenvalue weighted by atomic mass is 9.86. The van der Waals surface area contributed by atoms with E-state index in [1.807, 2.05) is 24.3 Å². The Morgan fingerprint density at radius 1 is 1.09 bits per heavy atom. The Morgan fingerprint density at radius 2 is 1.80 bits per heavy atom. The van der Waals surface area contributed by atoms with Crippen LogP contribution in [0, 0.1) is 24.1 Å². The molecule has 0 spiro atoms. The standard InChI is InChI=1S/C28H28FN3O2S/c1-18-13-26(31-22-9-7-21(29)8-10-22)20(15-30)14-24(18)28-17-32(35(33,34)23-11-12-23)16-25(28)27(28)19-5-3-2-4-6-19/h2-10,13-15,23,25,27,30-31H,11-12,16-17H2,1H3/t25-,27-,28+/m0/s1. The Morgan fingerprint density at radius 3 is 2.46 bits per heavy atom. The van der Waals surface area contributed by atoms with Gasteiger partial charge in [0.1, 0.15) is 5.82 Å². The molecule has 2 N–H and O–H groups in total. The number of benzene rings is 3. The van der Waals surface area contributed by atoms with Gasteiger partial charge in [-0.25, -0.2) is 17.1 Å². The number of nitrogens with zero attached hydrogens (tertiary/aromatic N) is 1. The average molecular weight is 490 g/mol. The Kier molecular flexibility index (Phi) is 5.13. The highest BCUT2D eigenvalue weighted by atomic mass is 32.2. The highest BCUT2D eigenvalue weighted by Crippen LogP contribution is 2.70. The van der Waals surface area contributed by atoms with E-state index in [4.69, 9.17) is 5.41 Å². The molecule has 5 nitrogen and oxygen atoms in total. The van der Waals surface area contributed by atoms with Gasteiger partial charge in [0.05, 0.1) is 5.25 Å². The lowest BCUT2D eigenvalue weighted by Crippen LogP contribution is -2.36. The third-order valence-corrected chi connectivity index (χ3v) is 10.3. The molecule has 2 aliphatic carbocycles. The molecule has 180 valence electrons. The Hall–Kier alpha value is -3.03. The topological polar surface area (TPSA) is 73.3 Å².